The minimum absolute atomic E-state index is 0.0599. The lowest BCUT2D eigenvalue weighted by Gasteiger charge is -2.16. The van der Waals surface area contributed by atoms with Gasteiger partial charge < -0.3 is 14.5 Å². The number of methoxy groups -OCH3 is 1. The first-order valence-corrected chi connectivity index (χ1v) is 17.1. The summed E-state index contributed by atoms with van der Waals surface area (Å²) in [6.07, 6.45) is 5.41. The molecule has 0 bridgehead atoms. The van der Waals surface area contributed by atoms with Gasteiger partial charge in [-0.25, -0.2) is 28.9 Å². The number of hydrogen-bond acceptors (Lipinski definition) is 9. The smallest absolute Gasteiger partial charge is 0.434 e. The molecule has 0 saturated carbocycles. The average molecular weight is 676 g/mol. The monoisotopic (exact) mass is 675 g/mol. The summed E-state index contributed by atoms with van der Waals surface area (Å²) in [7, 11) is 1.70. The molecule has 1 aliphatic carbocycles. The van der Waals surface area contributed by atoms with Crippen molar-refractivity contribution in [2.45, 2.75) is 51.2 Å². The molecule has 246 valence electrons. The van der Waals surface area contributed by atoms with Gasteiger partial charge in [0, 0.05) is 29.7 Å². The molecule has 9 rings (SSSR count). The van der Waals surface area contributed by atoms with Gasteiger partial charge in [-0.1, -0.05) is 24.3 Å². The van der Waals surface area contributed by atoms with E-state index in [1.54, 1.807) is 30.1 Å². The van der Waals surface area contributed by atoms with E-state index in [4.69, 9.17) is 19.1 Å². The van der Waals surface area contributed by atoms with E-state index in [-0.39, 0.29) is 23.3 Å². The van der Waals surface area contributed by atoms with E-state index in [1.807, 2.05) is 22.9 Å². The first-order chi connectivity index (χ1) is 24.0. The Morgan fingerprint density at radius 3 is 2.76 bits per heavy atom. The molecule has 2 N–H and O–H groups in total. The molecular weight excluding hydrogens is 646 g/mol. The minimum atomic E-state index is -0.706. The Morgan fingerprint density at radius 2 is 1.94 bits per heavy atom. The molecule has 0 amide bonds. The lowest BCUT2D eigenvalue weighted by Crippen LogP contribution is -2.16. The van der Waals surface area contributed by atoms with Crippen molar-refractivity contribution in [2.24, 2.45) is 0 Å². The largest absolute Gasteiger partial charge is 0.496 e. The number of halogens is 1. The Labute approximate surface area is 282 Å². The van der Waals surface area contributed by atoms with Crippen LogP contribution in [0, 0.1) is 5.82 Å². The van der Waals surface area contributed by atoms with E-state index in [0.29, 0.717) is 53.8 Å². The van der Waals surface area contributed by atoms with Crippen LogP contribution in [-0.2, 0) is 32.4 Å². The highest BCUT2D eigenvalue weighted by molar-refractivity contribution is 7.23. The lowest BCUT2D eigenvalue weighted by molar-refractivity contribution is 0.410. The molecule has 0 saturated heterocycles. The number of anilines is 1. The number of fused-ring (bicyclic) bond motifs is 5. The van der Waals surface area contributed by atoms with Crippen molar-refractivity contribution in [1.29, 1.82) is 0 Å². The fourth-order valence-corrected chi connectivity index (χ4v) is 8.57. The van der Waals surface area contributed by atoms with E-state index < -0.39 is 5.76 Å². The highest BCUT2D eigenvalue weighted by atomic mass is 32.1. The van der Waals surface area contributed by atoms with Crippen molar-refractivity contribution in [3.05, 3.63) is 110 Å². The maximum Gasteiger partial charge on any atom is 0.434 e. The van der Waals surface area contributed by atoms with Crippen molar-refractivity contribution >= 4 is 38.3 Å². The van der Waals surface area contributed by atoms with Crippen LogP contribution in [-0.4, -0.2) is 36.6 Å². The molecule has 2 aliphatic rings. The Morgan fingerprint density at radius 1 is 1.08 bits per heavy atom. The van der Waals surface area contributed by atoms with Crippen LogP contribution in [0.5, 0.6) is 5.75 Å². The lowest BCUT2D eigenvalue weighted by atomic mass is 9.97. The fraction of sp³-hybridized carbons (Fsp3) is 0.250. The van der Waals surface area contributed by atoms with E-state index in [9.17, 15) is 14.0 Å². The van der Waals surface area contributed by atoms with Gasteiger partial charge in [0.1, 0.15) is 17.4 Å². The van der Waals surface area contributed by atoms with Gasteiger partial charge >= 0.3 is 5.76 Å². The Balaban J connectivity index is 1.23. The number of ether oxygens (including phenoxy) is 1. The molecule has 2 aromatic carbocycles. The summed E-state index contributed by atoms with van der Waals surface area (Å²) in [6, 6.07) is 16.6. The molecule has 6 heterocycles. The first kappa shape index (κ1) is 29.6. The summed E-state index contributed by atoms with van der Waals surface area (Å²) in [5.41, 5.74) is 5.50. The number of pyridine rings is 2. The zero-order chi connectivity index (χ0) is 33.2. The van der Waals surface area contributed by atoms with E-state index in [0.717, 1.165) is 51.4 Å². The summed E-state index contributed by atoms with van der Waals surface area (Å²) < 4.78 is 29.5. The van der Waals surface area contributed by atoms with Crippen LogP contribution in [0.4, 0.5) is 10.2 Å². The van der Waals surface area contributed by atoms with E-state index >= 15 is 0 Å². The van der Waals surface area contributed by atoms with Crippen LogP contribution in [0.2, 0.25) is 0 Å². The number of nitrogens with zero attached hydrogens (tertiary/aromatic N) is 5. The van der Waals surface area contributed by atoms with Gasteiger partial charge in [-0.15, -0.1) is 16.4 Å². The van der Waals surface area contributed by atoms with Gasteiger partial charge in [-0.05, 0) is 84.5 Å². The first-order valence-electron chi connectivity index (χ1n) is 16.2. The maximum atomic E-state index is 14.1. The number of rotatable bonds is 8. The van der Waals surface area contributed by atoms with Crippen LogP contribution < -0.4 is 21.4 Å². The van der Waals surface area contributed by atoms with Crippen molar-refractivity contribution in [1.82, 2.24) is 29.5 Å². The topological polar surface area (TPSA) is 133 Å². The van der Waals surface area contributed by atoms with Crippen molar-refractivity contribution in [3.63, 3.8) is 0 Å². The highest BCUT2D eigenvalue weighted by Gasteiger charge is 2.31. The number of aryl methyl sites for hydroxylation is 3. The third kappa shape index (κ3) is 4.87. The predicted octanol–water partition coefficient (Wildman–Crippen LogP) is 6.25. The van der Waals surface area contributed by atoms with Gasteiger partial charge in [-0.2, -0.15) is 0 Å². The number of aromatic amines is 1. The standard InChI is InChI=1S/C36H30FN7O4S/c1-47-26-5-2-4-22-23(26)11-13-24(22)39-32-31-20(14-15-38-32)18-27(49-31)29-28(34-41-42-36(46)48-34)25(12-8-19-6-9-21(37)10-7-19)40-33-30(29)35(45)44-17-3-16-43(33)44/h2,4-7,9-10,14-15,18,24H,3,8,11-13,16-17H2,1H3,(H,38,39)(H,42,46)/t24-/m0/s1. The van der Waals surface area contributed by atoms with Gasteiger partial charge in [0.2, 0.25) is 0 Å². The van der Waals surface area contributed by atoms with Crippen molar-refractivity contribution < 1.29 is 13.5 Å². The number of thiophene rings is 1. The molecule has 13 heteroatoms. The van der Waals surface area contributed by atoms with Gasteiger partial charge in [0.25, 0.3) is 11.4 Å². The second-order valence-electron chi connectivity index (χ2n) is 12.4. The Hall–Kier alpha value is -5.56. The Kier molecular flexibility index (Phi) is 6.97. The van der Waals surface area contributed by atoms with Crippen LogP contribution in [0.1, 0.15) is 41.3 Å². The molecule has 1 aliphatic heterocycles. The molecule has 7 aromatic rings. The number of aromatic nitrogens is 6. The normalized spacial score (nSPS) is 15.3. The molecule has 11 nitrogen and oxygen atoms in total. The number of hydrogen-bond donors (Lipinski definition) is 2. The third-order valence-electron chi connectivity index (χ3n) is 9.63. The number of benzene rings is 2. The number of H-pyrrole nitrogens is 1. The van der Waals surface area contributed by atoms with Crippen LogP contribution in [0.15, 0.2) is 74.8 Å². The summed E-state index contributed by atoms with van der Waals surface area (Å²) in [4.78, 5) is 37.1. The zero-order valence-electron chi connectivity index (χ0n) is 26.5. The third-order valence-corrected chi connectivity index (χ3v) is 10.8. The van der Waals surface area contributed by atoms with Crippen LogP contribution in [0.3, 0.4) is 0 Å². The maximum absolute atomic E-state index is 14.1. The van der Waals surface area contributed by atoms with E-state index in [2.05, 4.69) is 27.6 Å². The summed E-state index contributed by atoms with van der Waals surface area (Å²) in [5, 5.41) is 11.7. The molecule has 0 fully saturated rings. The molecule has 5 aromatic heterocycles. The second-order valence-corrected chi connectivity index (χ2v) is 13.5. The quantitative estimate of drug-likeness (QED) is 0.193. The molecule has 0 radical (unpaired) electrons. The SMILES string of the molecule is COc1cccc2c1CC[C@@H]2Nc1nccc2cc(-c3c(-c4n[nH]c(=O)o4)c(CCc4ccc(F)cc4)nc4c3c(=O)n3n4CCC3)sc12. The average Bonchev–Trinajstić information content (AvgIpc) is 3.95. The molecule has 1 atom stereocenters. The van der Waals surface area contributed by atoms with Crippen LogP contribution >= 0.6 is 11.3 Å². The molecular formula is C36H30FN7O4S. The molecule has 0 unspecified atom stereocenters. The zero-order valence-corrected chi connectivity index (χ0v) is 27.3. The minimum Gasteiger partial charge on any atom is -0.496 e. The molecule has 49 heavy (non-hydrogen) atoms. The van der Waals surface area contributed by atoms with Gasteiger partial charge in [0.05, 0.1) is 34.5 Å². The predicted molar refractivity (Wildman–Crippen MR) is 185 cm³/mol. The summed E-state index contributed by atoms with van der Waals surface area (Å²) >= 11 is 1.52. The fourth-order valence-electron chi connectivity index (χ4n) is 7.41. The van der Waals surface area contributed by atoms with Crippen molar-refractivity contribution in [3.8, 4) is 27.6 Å². The summed E-state index contributed by atoms with van der Waals surface area (Å²) in [6.45, 7) is 1.25. The summed E-state index contributed by atoms with van der Waals surface area (Å²) in [5.74, 6) is 0.692. The van der Waals surface area contributed by atoms with Crippen LogP contribution in [0.25, 0.3) is 43.0 Å². The van der Waals surface area contributed by atoms with Gasteiger partial charge in [-0.3, -0.25) is 9.48 Å². The van der Waals surface area contributed by atoms with Gasteiger partial charge in [0.15, 0.2) is 5.65 Å². The molecule has 0 spiro atoms. The second kappa shape index (κ2) is 11.5. The van der Waals surface area contributed by atoms with Crippen molar-refractivity contribution in [2.75, 3.05) is 12.4 Å². The highest BCUT2D eigenvalue weighted by Crippen LogP contribution is 2.46. The number of nitrogens with one attached hydrogen (secondary N) is 2. The Bertz CT molecular complexity index is 2530. The van der Waals surface area contributed by atoms with E-state index in [1.165, 1.54) is 34.6 Å².